The van der Waals surface area contributed by atoms with Crippen LogP contribution in [-0.2, 0) is 4.79 Å². The molecule has 0 radical (unpaired) electrons. The van der Waals surface area contributed by atoms with E-state index in [0.29, 0.717) is 6.42 Å². The first-order valence-electron chi connectivity index (χ1n) is 5.45. The summed E-state index contributed by atoms with van der Waals surface area (Å²) in [6.45, 7) is 4.06. The van der Waals surface area contributed by atoms with Gasteiger partial charge < -0.3 is 10.0 Å². The summed E-state index contributed by atoms with van der Waals surface area (Å²) in [5.74, 6) is -0.771. The summed E-state index contributed by atoms with van der Waals surface area (Å²) in [5, 5.41) is 8.66. The molecule has 1 aliphatic rings. The molecule has 0 aromatic heterocycles. The monoisotopic (exact) mass is 218 g/mol. The largest absolute Gasteiger partial charge is 0.480 e. The zero-order valence-corrected chi connectivity index (χ0v) is 8.99. The maximum atomic E-state index is 12.0. The fourth-order valence-electron chi connectivity index (χ4n) is 1.88. The Morgan fingerprint density at radius 2 is 1.87 bits per heavy atom. The van der Waals surface area contributed by atoms with Gasteiger partial charge in [-0.2, -0.15) is 0 Å². The smallest absolute Gasteiger partial charge is 0.317 e. The van der Waals surface area contributed by atoms with Crippen LogP contribution in [-0.4, -0.2) is 66.8 Å². The first-order valence-corrected chi connectivity index (χ1v) is 5.45. The molecule has 0 unspecified atom stereocenters. The van der Waals surface area contributed by atoms with E-state index in [4.69, 9.17) is 5.11 Å². The molecule has 1 aliphatic heterocycles. The van der Waals surface area contributed by atoms with Gasteiger partial charge in [0.05, 0.1) is 13.2 Å². The van der Waals surface area contributed by atoms with E-state index in [9.17, 15) is 9.18 Å². The van der Waals surface area contributed by atoms with Crippen LogP contribution < -0.4 is 0 Å². The first kappa shape index (κ1) is 12.4. The molecule has 0 aromatic rings. The third-order valence-electron chi connectivity index (χ3n) is 2.65. The normalized spacial score (nSPS) is 20.1. The standard InChI is InChI=1S/C10H19FN2O2/c11-3-1-4-12-5-2-6-13(8-7-12)9-10(14)15/h1-9H2,(H,14,15). The quantitative estimate of drug-likeness (QED) is 0.727. The maximum absolute atomic E-state index is 12.0. The number of alkyl halides is 1. The predicted octanol–water partition coefficient (Wildman–Crippen LogP) is 0.438. The molecule has 0 aromatic carbocycles. The van der Waals surface area contributed by atoms with Crippen LogP contribution in [0.15, 0.2) is 0 Å². The number of rotatable bonds is 5. The molecular weight excluding hydrogens is 199 g/mol. The molecule has 4 nitrogen and oxygen atoms in total. The second kappa shape index (κ2) is 6.74. The molecule has 0 amide bonds. The van der Waals surface area contributed by atoms with Crippen molar-refractivity contribution >= 4 is 5.97 Å². The number of nitrogens with zero attached hydrogens (tertiary/aromatic N) is 2. The van der Waals surface area contributed by atoms with Gasteiger partial charge in [0, 0.05) is 26.2 Å². The van der Waals surface area contributed by atoms with Crippen molar-refractivity contribution in [2.75, 3.05) is 45.9 Å². The molecular formula is C10H19FN2O2. The van der Waals surface area contributed by atoms with E-state index in [1.54, 1.807) is 0 Å². The van der Waals surface area contributed by atoms with Gasteiger partial charge in [0.2, 0.25) is 0 Å². The van der Waals surface area contributed by atoms with Gasteiger partial charge in [0.1, 0.15) is 0 Å². The fourth-order valence-corrected chi connectivity index (χ4v) is 1.88. The lowest BCUT2D eigenvalue weighted by atomic mass is 10.3. The van der Waals surface area contributed by atoms with E-state index in [-0.39, 0.29) is 13.2 Å². The summed E-state index contributed by atoms with van der Waals surface area (Å²) in [6, 6.07) is 0. The Hall–Kier alpha value is -0.680. The molecule has 0 spiro atoms. The average molecular weight is 218 g/mol. The Labute approximate surface area is 89.7 Å². The number of hydrogen-bond donors (Lipinski definition) is 1. The van der Waals surface area contributed by atoms with E-state index >= 15 is 0 Å². The van der Waals surface area contributed by atoms with Crippen molar-refractivity contribution in [3.05, 3.63) is 0 Å². The third-order valence-corrected chi connectivity index (χ3v) is 2.65. The van der Waals surface area contributed by atoms with Crippen molar-refractivity contribution in [2.24, 2.45) is 0 Å². The van der Waals surface area contributed by atoms with Gasteiger partial charge in [0.25, 0.3) is 0 Å². The minimum atomic E-state index is -0.771. The number of carbonyl (C=O) groups is 1. The summed E-state index contributed by atoms with van der Waals surface area (Å²) in [6.07, 6.45) is 1.55. The predicted molar refractivity (Wildman–Crippen MR) is 55.7 cm³/mol. The lowest BCUT2D eigenvalue weighted by Crippen LogP contribution is -2.34. The molecule has 1 rings (SSSR count). The summed E-state index contributed by atoms with van der Waals surface area (Å²) in [5.41, 5.74) is 0. The number of halogens is 1. The molecule has 0 aliphatic carbocycles. The van der Waals surface area contributed by atoms with Gasteiger partial charge >= 0.3 is 5.97 Å². The van der Waals surface area contributed by atoms with E-state index in [1.165, 1.54) is 0 Å². The molecule has 88 valence electrons. The van der Waals surface area contributed by atoms with Crippen LogP contribution in [0.3, 0.4) is 0 Å². The molecule has 15 heavy (non-hydrogen) atoms. The highest BCUT2D eigenvalue weighted by Crippen LogP contribution is 2.03. The van der Waals surface area contributed by atoms with Crippen LogP contribution >= 0.6 is 0 Å². The Morgan fingerprint density at radius 1 is 1.20 bits per heavy atom. The molecule has 1 saturated heterocycles. The maximum Gasteiger partial charge on any atom is 0.317 e. The van der Waals surface area contributed by atoms with Gasteiger partial charge in [-0.25, -0.2) is 0 Å². The lowest BCUT2D eigenvalue weighted by molar-refractivity contribution is -0.138. The molecule has 1 heterocycles. The molecule has 0 bridgehead atoms. The average Bonchev–Trinajstić information content (AvgIpc) is 2.40. The highest BCUT2D eigenvalue weighted by molar-refractivity contribution is 5.69. The van der Waals surface area contributed by atoms with E-state index in [0.717, 1.165) is 39.1 Å². The van der Waals surface area contributed by atoms with Gasteiger partial charge in [-0.05, 0) is 19.4 Å². The summed E-state index contributed by atoms with van der Waals surface area (Å²) in [4.78, 5) is 14.7. The minimum Gasteiger partial charge on any atom is -0.480 e. The molecule has 5 heteroatoms. The second-order valence-electron chi connectivity index (χ2n) is 3.91. The first-order chi connectivity index (χ1) is 7.22. The van der Waals surface area contributed by atoms with Gasteiger partial charge in [-0.3, -0.25) is 14.1 Å². The van der Waals surface area contributed by atoms with Crippen LogP contribution in [0, 0.1) is 0 Å². The zero-order valence-electron chi connectivity index (χ0n) is 8.99. The summed E-state index contributed by atoms with van der Waals surface area (Å²) in [7, 11) is 0. The Bertz CT molecular complexity index is 202. The van der Waals surface area contributed by atoms with Gasteiger partial charge in [0.15, 0.2) is 0 Å². The van der Waals surface area contributed by atoms with Crippen LogP contribution in [0.25, 0.3) is 0 Å². The van der Waals surface area contributed by atoms with Crippen LogP contribution in [0.5, 0.6) is 0 Å². The SMILES string of the molecule is O=C(O)CN1CCCN(CCCF)CC1. The zero-order chi connectivity index (χ0) is 11.1. The van der Waals surface area contributed by atoms with Crippen LogP contribution in [0.1, 0.15) is 12.8 Å². The minimum absolute atomic E-state index is 0.122. The lowest BCUT2D eigenvalue weighted by Gasteiger charge is -2.19. The highest BCUT2D eigenvalue weighted by atomic mass is 19.1. The topological polar surface area (TPSA) is 43.8 Å². The third kappa shape index (κ3) is 5.09. The van der Waals surface area contributed by atoms with Crippen molar-refractivity contribution in [3.63, 3.8) is 0 Å². The van der Waals surface area contributed by atoms with Crippen molar-refractivity contribution in [2.45, 2.75) is 12.8 Å². The van der Waals surface area contributed by atoms with Crippen LogP contribution in [0.4, 0.5) is 4.39 Å². The van der Waals surface area contributed by atoms with Gasteiger partial charge in [-0.15, -0.1) is 0 Å². The Morgan fingerprint density at radius 3 is 2.53 bits per heavy atom. The number of carboxylic acid groups (broad SMARTS) is 1. The number of aliphatic carboxylic acids is 1. The highest BCUT2D eigenvalue weighted by Gasteiger charge is 2.15. The van der Waals surface area contributed by atoms with Gasteiger partial charge in [-0.1, -0.05) is 0 Å². The van der Waals surface area contributed by atoms with Crippen LogP contribution in [0.2, 0.25) is 0 Å². The van der Waals surface area contributed by atoms with E-state index in [2.05, 4.69) is 4.90 Å². The molecule has 0 saturated carbocycles. The Balaban J connectivity index is 2.25. The number of hydrogen-bond acceptors (Lipinski definition) is 3. The van der Waals surface area contributed by atoms with Crippen molar-refractivity contribution in [1.82, 2.24) is 9.80 Å². The van der Waals surface area contributed by atoms with E-state index < -0.39 is 5.97 Å². The van der Waals surface area contributed by atoms with E-state index in [1.807, 2.05) is 4.90 Å². The fraction of sp³-hybridized carbons (Fsp3) is 0.900. The summed E-state index contributed by atoms with van der Waals surface area (Å²) >= 11 is 0. The second-order valence-corrected chi connectivity index (χ2v) is 3.91. The van der Waals surface area contributed by atoms with Crippen molar-refractivity contribution in [1.29, 1.82) is 0 Å². The molecule has 1 fully saturated rings. The van der Waals surface area contributed by atoms with Crippen molar-refractivity contribution < 1.29 is 14.3 Å². The Kier molecular flexibility index (Phi) is 5.57. The summed E-state index contributed by atoms with van der Waals surface area (Å²) < 4.78 is 12.0. The molecule has 0 atom stereocenters. The molecule has 1 N–H and O–H groups in total. The van der Waals surface area contributed by atoms with Crippen molar-refractivity contribution in [3.8, 4) is 0 Å². The number of carboxylic acids is 1.